The number of aliphatic hydroxyl groups excluding tert-OH is 11. The third-order valence-electron chi connectivity index (χ3n) is 17.4. The van der Waals surface area contributed by atoms with E-state index in [-0.39, 0.29) is 18.9 Å². The highest BCUT2D eigenvalue weighted by Crippen LogP contribution is 2.33. The SMILES string of the molecule is CCCCCCC/C=C\C/C=C\CCCCCCCCCCCCCCCCCCCC(=O)NC(COC1OC(CO)C(OC2OC(CO)C(OC3OC(CO)C(O)C(O)C3O)C(O)C2O)C(O)C1O)C(O)/C=C/CCCCCCCCCCCCC. The summed E-state index contributed by atoms with van der Waals surface area (Å²) in [4.78, 5) is 13.4. The maximum atomic E-state index is 13.4. The fraction of sp³-hybridized carbons (Fsp3) is 0.897. The van der Waals surface area contributed by atoms with Gasteiger partial charge in [0.25, 0.3) is 0 Å². The first-order valence-corrected chi connectivity index (χ1v) is 34.7. The molecule has 0 aromatic rings. The van der Waals surface area contributed by atoms with Gasteiger partial charge in [-0.3, -0.25) is 4.79 Å². The quantitative estimate of drug-likeness (QED) is 0.0200. The van der Waals surface area contributed by atoms with Gasteiger partial charge in [0.15, 0.2) is 18.9 Å². The lowest BCUT2D eigenvalue weighted by atomic mass is 9.96. The summed E-state index contributed by atoms with van der Waals surface area (Å²) in [5.74, 6) is -0.274. The van der Waals surface area contributed by atoms with Crippen molar-refractivity contribution in [2.24, 2.45) is 0 Å². The van der Waals surface area contributed by atoms with Gasteiger partial charge in [-0.25, -0.2) is 0 Å². The predicted molar refractivity (Wildman–Crippen MR) is 337 cm³/mol. The Kier molecular flexibility index (Phi) is 46.0. The average molecular weight is 1240 g/mol. The molecule has 0 spiro atoms. The summed E-state index contributed by atoms with van der Waals surface area (Å²) in [5.41, 5.74) is 0. The van der Waals surface area contributed by atoms with Crippen molar-refractivity contribution in [1.29, 1.82) is 0 Å². The van der Waals surface area contributed by atoms with E-state index in [2.05, 4.69) is 43.5 Å². The van der Waals surface area contributed by atoms with Crippen molar-refractivity contribution < 1.29 is 89.4 Å². The van der Waals surface area contributed by atoms with Crippen LogP contribution in [0.15, 0.2) is 36.5 Å². The van der Waals surface area contributed by atoms with Crippen LogP contribution in [-0.4, -0.2) is 193 Å². The summed E-state index contributed by atoms with van der Waals surface area (Å²) in [6.45, 7) is 1.72. The molecule has 17 unspecified atom stereocenters. The lowest BCUT2D eigenvalue weighted by Crippen LogP contribution is -2.66. The fourth-order valence-electron chi connectivity index (χ4n) is 11.8. The topological polar surface area (TPSA) is 307 Å². The zero-order valence-electron chi connectivity index (χ0n) is 53.8. The van der Waals surface area contributed by atoms with Crippen molar-refractivity contribution in [3.05, 3.63) is 36.5 Å². The largest absolute Gasteiger partial charge is 0.394 e. The number of carbonyl (C=O) groups is 1. The van der Waals surface area contributed by atoms with E-state index in [9.17, 15) is 61.0 Å². The molecule has 19 heteroatoms. The average Bonchev–Trinajstić information content (AvgIpc) is 1.69. The summed E-state index contributed by atoms with van der Waals surface area (Å²) < 4.78 is 34.3. The Bertz CT molecular complexity index is 1720. The standard InChI is InChI=1S/C68H125NO18/c1-3-5-7-9-11-13-15-17-18-19-20-21-22-23-24-25-26-27-28-29-30-31-32-34-36-38-40-42-44-46-56(74)69-51(52(73)45-43-41-39-37-35-33-16-14-12-10-8-6-4-2)50-82-66-62(80)59(77)64(54(48-71)84-66)87-68-63(81)60(78)65(55(49-72)85-68)86-67-61(79)58(76)57(75)53(47-70)83-67/h15,17,19-20,43,45,51-55,57-68,70-73,75-81H,3-14,16,18,21-42,44,46-50H2,1-2H3,(H,69,74)/b17-15-,20-19-,45-43+. The van der Waals surface area contributed by atoms with Crippen LogP contribution < -0.4 is 5.32 Å². The second-order valence-corrected chi connectivity index (χ2v) is 25.0. The lowest BCUT2D eigenvalue weighted by molar-refractivity contribution is -0.379. The number of aliphatic hydroxyl groups is 11. The number of carbonyl (C=O) groups excluding carboxylic acids is 1. The maximum Gasteiger partial charge on any atom is 0.220 e. The molecule has 3 fully saturated rings. The van der Waals surface area contributed by atoms with Crippen molar-refractivity contribution in [2.45, 2.75) is 362 Å². The van der Waals surface area contributed by atoms with Crippen molar-refractivity contribution >= 4 is 5.91 Å². The van der Waals surface area contributed by atoms with E-state index in [0.29, 0.717) is 6.42 Å². The van der Waals surface area contributed by atoms with E-state index in [4.69, 9.17) is 28.4 Å². The van der Waals surface area contributed by atoms with Gasteiger partial charge in [0.05, 0.1) is 38.6 Å². The molecule has 19 nitrogen and oxygen atoms in total. The van der Waals surface area contributed by atoms with Gasteiger partial charge in [-0.2, -0.15) is 0 Å². The Morgan fingerprint density at radius 3 is 1.17 bits per heavy atom. The molecule has 0 saturated carbocycles. The first-order valence-electron chi connectivity index (χ1n) is 34.7. The van der Waals surface area contributed by atoms with E-state index >= 15 is 0 Å². The van der Waals surface area contributed by atoms with Crippen molar-refractivity contribution in [3.63, 3.8) is 0 Å². The second kappa shape index (κ2) is 50.6. The van der Waals surface area contributed by atoms with Gasteiger partial charge in [0.1, 0.15) is 73.2 Å². The molecule has 0 aliphatic carbocycles. The van der Waals surface area contributed by atoms with Crippen LogP contribution >= 0.6 is 0 Å². The summed E-state index contributed by atoms with van der Waals surface area (Å²) in [7, 11) is 0. The van der Waals surface area contributed by atoms with E-state index in [1.807, 2.05) is 6.08 Å². The Morgan fingerprint density at radius 1 is 0.414 bits per heavy atom. The molecule has 3 aliphatic heterocycles. The Balaban J connectivity index is 1.38. The Labute approximate surface area is 523 Å². The number of amides is 1. The second-order valence-electron chi connectivity index (χ2n) is 25.0. The Morgan fingerprint density at radius 2 is 0.759 bits per heavy atom. The maximum absolute atomic E-state index is 13.4. The van der Waals surface area contributed by atoms with E-state index < -0.39 is 124 Å². The molecule has 1 amide bonds. The van der Waals surface area contributed by atoms with Crippen molar-refractivity contribution in [2.75, 3.05) is 26.4 Å². The van der Waals surface area contributed by atoms with Crippen LogP contribution in [0, 0.1) is 0 Å². The van der Waals surface area contributed by atoms with Gasteiger partial charge >= 0.3 is 0 Å². The third kappa shape index (κ3) is 32.9. The lowest BCUT2D eigenvalue weighted by Gasteiger charge is -2.48. The van der Waals surface area contributed by atoms with Crippen LogP contribution in [0.2, 0.25) is 0 Å². The molecule has 17 atom stereocenters. The first-order chi connectivity index (χ1) is 42.3. The number of allylic oxidation sites excluding steroid dienone is 5. The highest BCUT2D eigenvalue weighted by molar-refractivity contribution is 5.76. The molecule has 3 rings (SSSR count). The molecular weight excluding hydrogens is 1120 g/mol. The van der Waals surface area contributed by atoms with Crippen molar-refractivity contribution in [1.82, 2.24) is 5.32 Å². The van der Waals surface area contributed by atoms with Crippen LogP contribution in [0.4, 0.5) is 0 Å². The first kappa shape index (κ1) is 79.2. The van der Waals surface area contributed by atoms with Gasteiger partial charge in [0, 0.05) is 6.42 Å². The van der Waals surface area contributed by atoms with Crippen LogP contribution in [0.25, 0.3) is 0 Å². The Hall–Kier alpha value is -1.99. The minimum absolute atomic E-state index is 0.245. The summed E-state index contributed by atoms with van der Waals surface area (Å²) in [6.07, 6.45) is 31.3. The number of rotatable bonds is 53. The molecule has 0 radical (unpaired) electrons. The third-order valence-corrected chi connectivity index (χ3v) is 17.4. The van der Waals surface area contributed by atoms with Crippen LogP contribution in [-0.2, 0) is 33.2 Å². The monoisotopic (exact) mass is 1240 g/mol. The molecule has 0 aromatic carbocycles. The van der Waals surface area contributed by atoms with Crippen LogP contribution in [0.3, 0.4) is 0 Å². The van der Waals surface area contributed by atoms with Gasteiger partial charge in [0.2, 0.25) is 5.91 Å². The number of hydrogen-bond donors (Lipinski definition) is 12. The normalized spacial score (nSPS) is 28.8. The minimum Gasteiger partial charge on any atom is -0.394 e. The smallest absolute Gasteiger partial charge is 0.220 e. The predicted octanol–water partition coefficient (Wildman–Crippen LogP) is 8.83. The number of nitrogens with one attached hydrogen (secondary N) is 1. The molecule has 3 saturated heterocycles. The molecule has 0 bridgehead atoms. The highest BCUT2D eigenvalue weighted by atomic mass is 16.8. The minimum atomic E-state index is -1.98. The summed E-state index contributed by atoms with van der Waals surface area (Å²) >= 11 is 0. The molecule has 87 heavy (non-hydrogen) atoms. The highest BCUT2D eigenvalue weighted by Gasteiger charge is 2.53. The number of hydrogen-bond acceptors (Lipinski definition) is 18. The number of ether oxygens (including phenoxy) is 6. The van der Waals surface area contributed by atoms with Crippen molar-refractivity contribution in [3.8, 4) is 0 Å². The van der Waals surface area contributed by atoms with E-state index in [1.165, 1.54) is 180 Å². The van der Waals surface area contributed by atoms with Gasteiger partial charge in [-0.15, -0.1) is 0 Å². The van der Waals surface area contributed by atoms with Crippen LogP contribution in [0.5, 0.6) is 0 Å². The van der Waals surface area contributed by atoms with Gasteiger partial charge < -0.3 is 89.9 Å². The number of unbranched alkanes of at least 4 members (excludes halogenated alkanes) is 33. The summed E-state index contributed by atoms with van der Waals surface area (Å²) in [5, 5.41) is 120. The zero-order chi connectivity index (χ0) is 63.3. The zero-order valence-corrected chi connectivity index (χ0v) is 53.8. The van der Waals surface area contributed by atoms with Gasteiger partial charge in [-0.05, 0) is 51.4 Å². The molecule has 12 N–H and O–H groups in total. The van der Waals surface area contributed by atoms with E-state index in [0.717, 1.165) is 51.4 Å². The van der Waals surface area contributed by atoms with E-state index in [1.54, 1.807) is 6.08 Å². The molecule has 3 aliphatic rings. The molecule has 3 heterocycles. The molecular formula is C68H125NO18. The molecule has 510 valence electrons. The summed E-state index contributed by atoms with van der Waals surface area (Å²) in [6, 6.07) is -0.971. The van der Waals surface area contributed by atoms with Gasteiger partial charge in [-0.1, -0.05) is 237 Å². The van der Waals surface area contributed by atoms with Crippen LogP contribution in [0.1, 0.15) is 258 Å². The molecule has 0 aromatic heterocycles. The fourth-order valence-corrected chi connectivity index (χ4v) is 11.8.